The topological polar surface area (TPSA) is 53.9 Å². The van der Waals surface area contributed by atoms with E-state index in [2.05, 4.69) is 35.4 Å². The summed E-state index contributed by atoms with van der Waals surface area (Å²) in [5.74, 6) is 0.616. The summed E-state index contributed by atoms with van der Waals surface area (Å²) >= 11 is 0. The Morgan fingerprint density at radius 3 is 3.09 bits per heavy atom. The quantitative estimate of drug-likeness (QED) is 0.864. The number of aliphatic imine (C=N–C) groups is 1. The van der Waals surface area contributed by atoms with E-state index in [1.54, 1.807) is 4.90 Å². The third-order valence-corrected chi connectivity index (χ3v) is 4.43. The van der Waals surface area contributed by atoms with Gasteiger partial charge in [0.25, 0.3) is 0 Å². The van der Waals surface area contributed by atoms with Crippen molar-refractivity contribution in [3.8, 4) is 0 Å². The Morgan fingerprint density at radius 2 is 2.22 bits per heavy atom. The molecule has 0 radical (unpaired) electrons. The molecule has 23 heavy (non-hydrogen) atoms. The number of rotatable bonds is 4. The molecule has 3 rings (SSSR count). The van der Waals surface area contributed by atoms with Crippen LogP contribution in [-0.2, 0) is 17.6 Å². The van der Waals surface area contributed by atoms with Crippen LogP contribution in [0.1, 0.15) is 43.7 Å². The van der Waals surface area contributed by atoms with Crippen LogP contribution >= 0.6 is 0 Å². The van der Waals surface area contributed by atoms with Gasteiger partial charge in [0.1, 0.15) is 0 Å². The number of nitrogens with zero attached hydrogens (tertiary/aromatic N) is 2. The van der Waals surface area contributed by atoms with Crippen LogP contribution in [0.15, 0.2) is 23.2 Å². The predicted octanol–water partition coefficient (Wildman–Crippen LogP) is 3.59. The number of ether oxygens (including phenoxy) is 1. The standard InChI is InChI=1S/C18H25N3O2/c1-2-3-13-23-18(22)21-12-11-19-17(21)20-16-10-6-8-14-7-4-5-9-15(14)16/h6,8,10H,2-5,7,9,11-13H2,1H3,(H,19,20). The van der Waals surface area contributed by atoms with Gasteiger partial charge in [-0.1, -0.05) is 25.5 Å². The molecule has 1 aliphatic carbocycles. The summed E-state index contributed by atoms with van der Waals surface area (Å²) in [4.78, 5) is 18.2. The maximum atomic E-state index is 12.2. The SMILES string of the molecule is CCCCOC(=O)N1CCN=C1Nc1cccc2c1CCCC2. The molecule has 0 saturated heterocycles. The fraction of sp³-hybridized carbons (Fsp3) is 0.556. The van der Waals surface area contributed by atoms with Crippen molar-refractivity contribution in [2.24, 2.45) is 4.99 Å². The molecule has 1 amide bonds. The molecule has 2 aliphatic rings. The fourth-order valence-electron chi connectivity index (χ4n) is 3.13. The number of guanidine groups is 1. The number of unbranched alkanes of at least 4 members (excludes halogenated alkanes) is 1. The number of nitrogens with one attached hydrogen (secondary N) is 1. The maximum absolute atomic E-state index is 12.2. The highest BCUT2D eigenvalue weighted by Gasteiger charge is 2.26. The van der Waals surface area contributed by atoms with Gasteiger partial charge in [-0.15, -0.1) is 0 Å². The minimum absolute atomic E-state index is 0.299. The number of aryl methyl sites for hydroxylation is 1. The van der Waals surface area contributed by atoms with E-state index in [1.807, 2.05) is 0 Å². The molecular weight excluding hydrogens is 290 g/mol. The molecule has 1 aromatic carbocycles. The third-order valence-electron chi connectivity index (χ3n) is 4.43. The smallest absolute Gasteiger partial charge is 0.416 e. The number of carbonyl (C=O) groups excluding carboxylic acids is 1. The second-order valence-electron chi connectivity index (χ2n) is 6.10. The van der Waals surface area contributed by atoms with Gasteiger partial charge in [0, 0.05) is 5.69 Å². The van der Waals surface area contributed by atoms with Gasteiger partial charge in [-0.05, 0) is 49.3 Å². The zero-order valence-corrected chi connectivity index (χ0v) is 13.8. The van der Waals surface area contributed by atoms with E-state index in [-0.39, 0.29) is 6.09 Å². The van der Waals surface area contributed by atoms with Crippen LogP contribution in [0.25, 0.3) is 0 Å². The molecule has 1 aliphatic heterocycles. The number of hydrogen-bond acceptors (Lipinski definition) is 4. The Bertz CT molecular complexity index is 598. The number of amides is 1. The highest BCUT2D eigenvalue weighted by molar-refractivity contribution is 6.03. The van der Waals surface area contributed by atoms with Crippen molar-refractivity contribution in [3.05, 3.63) is 29.3 Å². The predicted molar refractivity (Wildman–Crippen MR) is 92.0 cm³/mol. The van der Waals surface area contributed by atoms with Crippen LogP contribution in [-0.4, -0.2) is 36.6 Å². The Kier molecular flexibility index (Phi) is 5.16. The third kappa shape index (κ3) is 3.66. The van der Waals surface area contributed by atoms with Crippen LogP contribution in [0.5, 0.6) is 0 Å². The average molecular weight is 315 g/mol. The van der Waals surface area contributed by atoms with E-state index in [9.17, 15) is 4.79 Å². The molecule has 0 aromatic heterocycles. The van der Waals surface area contributed by atoms with Gasteiger partial charge in [-0.2, -0.15) is 0 Å². The van der Waals surface area contributed by atoms with E-state index < -0.39 is 0 Å². The molecule has 124 valence electrons. The lowest BCUT2D eigenvalue weighted by atomic mass is 9.90. The first-order valence-electron chi connectivity index (χ1n) is 8.66. The fourth-order valence-corrected chi connectivity index (χ4v) is 3.13. The lowest BCUT2D eigenvalue weighted by molar-refractivity contribution is 0.123. The lowest BCUT2D eigenvalue weighted by Gasteiger charge is -2.23. The second kappa shape index (κ2) is 7.49. The molecule has 0 bridgehead atoms. The minimum atomic E-state index is -0.299. The first-order valence-corrected chi connectivity index (χ1v) is 8.66. The van der Waals surface area contributed by atoms with Crippen molar-refractivity contribution < 1.29 is 9.53 Å². The molecule has 0 unspecified atom stereocenters. The summed E-state index contributed by atoms with van der Waals surface area (Å²) in [7, 11) is 0. The molecule has 1 N–H and O–H groups in total. The molecule has 0 atom stereocenters. The monoisotopic (exact) mass is 315 g/mol. The summed E-state index contributed by atoms with van der Waals surface area (Å²) in [5.41, 5.74) is 3.86. The normalized spacial score (nSPS) is 16.7. The molecule has 0 spiro atoms. The number of anilines is 1. The van der Waals surface area contributed by atoms with Crippen molar-refractivity contribution in [1.29, 1.82) is 0 Å². The highest BCUT2D eigenvalue weighted by atomic mass is 16.6. The molecule has 1 heterocycles. The molecular formula is C18H25N3O2. The Hall–Kier alpha value is -2.04. The van der Waals surface area contributed by atoms with Gasteiger partial charge in [-0.3, -0.25) is 4.99 Å². The Morgan fingerprint density at radius 1 is 1.35 bits per heavy atom. The summed E-state index contributed by atoms with van der Waals surface area (Å²) in [6.07, 6.45) is 6.32. The van der Waals surface area contributed by atoms with Crippen LogP contribution in [0.4, 0.5) is 10.5 Å². The zero-order valence-electron chi connectivity index (χ0n) is 13.8. The van der Waals surface area contributed by atoms with Gasteiger partial charge < -0.3 is 10.1 Å². The van der Waals surface area contributed by atoms with E-state index in [1.165, 1.54) is 24.0 Å². The molecule has 1 aromatic rings. The number of fused-ring (bicyclic) bond motifs is 1. The zero-order chi connectivity index (χ0) is 16.1. The molecule has 0 fully saturated rings. The van der Waals surface area contributed by atoms with Crippen molar-refractivity contribution >= 4 is 17.7 Å². The van der Waals surface area contributed by atoms with Crippen molar-refractivity contribution in [3.63, 3.8) is 0 Å². The van der Waals surface area contributed by atoms with Crippen LogP contribution in [0.2, 0.25) is 0 Å². The van der Waals surface area contributed by atoms with Crippen molar-refractivity contribution in [2.45, 2.75) is 45.4 Å². The second-order valence-corrected chi connectivity index (χ2v) is 6.10. The minimum Gasteiger partial charge on any atom is -0.449 e. The average Bonchev–Trinajstić information content (AvgIpc) is 3.04. The van der Waals surface area contributed by atoms with E-state index in [0.29, 0.717) is 25.7 Å². The highest BCUT2D eigenvalue weighted by Crippen LogP contribution is 2.28. The van der Waals surface area contributed by atoms with E-state index in [4.69, 9.17) is 4.74 Å². The van der Waals surface area contributed by atoms with Gasteiger partial charge in [0.2, 0.25) is 5.96 Å². The summed E-state index contributed by atoms with van der Waals surface area (Å²) in [6, 6.07) is 6.35. The molecule has 5 nitrogen and oxygen atoms in total. The summed E-state index contributed by atoms with van der Waals surface area (Å²) < 4.78 is 5.31. The number of carbonyl (C=O) groups is 1. The maximum Gasteiger partial charge on any atom is 0.416 e. The van der Waals surface area contributed by atoms with Crippen molar-refractivity contribution in [1.82, 2.24) is 4.90 Å². The van der Waals surface area contributed by atoms with E-state index in [0.717, 1.165) is 31.4 Å². The first-order chi connectivity index (χ1) is 11.3. The lowest BCUT2D eigenvalue weighted by Crippen LogP contribution is -2.39. The number of hydrogen-bond donors (Lipinski definition) is 1. The van der Waals surface area contributed by atoms with Crippen molar-refractivity contribution in [2.75, 3.05) is 25.0 Å². The van der Waals surface area contributed by atoms with Gasteiger partial charge in [-0.25, -0.2) is 9.69 Å². The summed E-state index contributed by atoms with van der Waals surface area (Å²) in [6.45, 7) is 3.76. The molecule has 0 saturated carbocycles. The molecule has 5 heteroatoms. The van der Waals surface area contributed by atoms with Crippen LogP contribution < -0.4 is 5.32 Å². The van der Waals surface area contributed by atoms with Gasteiger partial charge in [0.15, 0.2) is 0 Å². The Labute approximate surface area is 137 Å². The van der Waals surface area contributed by atoms with Gasteiger partial charge >= 0.3 is 6.09 Å². The summed E-state index contributed by atoms with van der Waals surface area (Å²) in [5, 5.41) is 3.37. The van der Waals surface area contributed by atoms with E-state index >= 15 is 0 Å². The van der Waals surface area contributed by atoms with Crippen LogP contribution in [0.3, 0.4) is 0 Å². The van der Waals surface area contributed by atoms with Gasteiger partial charge in [0.05, 0.1) is 19.7 Å². The Balaban J connectivity index is 1.68. The first kappa shape index (κ1) is 15.8. The number of benzene rings is 1. The van der Waals surface area contributed by atoms with Crippen LogP contribution in [0, 0.1) is 0 Å². The largest absolute Gasteiger partial charge is 0.449 e.